The first-order valence-electron chi connectivity index (χ1n) is 8.90. The van der Waals surface area contributed by atoms with Gasteiger partial charge in [0, 0.05) is 42.9 Å². The van der Waals surface area contributed by atoms with Gasteiger partial charge < -0.3 is 15.1 Å². The lowest BCUT2D eigenvalue weighted by atomic mass is 10.1. The predicted octanol–water partition coefficient (Wildman–Crippen LogP) is 2.88. The first-order valence-corrected chi connectivity index (χ1v) is 8.90. The highest BCUT2D eigenvalue weighted by atomic mass is 16.1. The van der Waals surface area contributed by atoms with E-state index in [0.717, 1.165) is 48.3 Å². The summed E-state index contributed by atoms with van der Waals surface area (Å²) in [6.07, 6.45) is 0. The maximum absolute atomic E-state index is 12.7. The Bertz CT molecular complexity index is 940. The smallest absolute Gasteiger partial charge is 0.276 e. The van der Waals surface area contributed by atoms with Gasteiger partial charge in [0.25, 0.3) is 5.91 Å². The van der Waals surface area contributed by atoms with Crippen LogP contribution in [0.4, 0.5) is 11.4 Å². The number of fused-ring (bicyclic) bond motifs is 1. The number of amides is 1. The third-order valence-electron chi connectivity index (χ3n) is 5.01. The molecule has 1 fully saturated rings. The minimum Gasteiger partial charge on any atom is -0.369 e. The number of H-pyrrole nitrogens is 1. The number of anilines is 2. The number of rotatable bonds is 3. The maximum atomic E-state index is 12.7. The van der Waals surface area contributed by atoms with Crippen LogP contribution in [0.5, 0.6) is 0 Å². The molecular weight excluding hydrogens is 326 g/mol. The van der Waals surface area contributed by atoms with Crippen molar-refractivity contribution in [1.82, 2.24) is 15.1 Å². The van der Waals surface area contributed by atoms with Crippen LogP contribution in [0.1, 0.15) is 16.1 Å². The summed E-state index contributed by atoms with van der Waals surface area (Å²) >= 11 is 0. The van der Waals surface area contributed by atoms with E-state index in [4.69, 9.17) is 0 Å². The fraction of sp³-hybridized carbons (Fsp3) is 0.300. The summed E-state index contributed by atoms with van der Waals surface area (Å²) in [7, 11) is 2.15. The molecule has 1 aliphatic rings. The van der Waals surface area contributed by atoms with Gasteiger partial charge in [-0.1, -0.05) is 18.2 Å². The number of carbonyl (C=O) groups excluding carboxylic acids is 1. The number of piperazine rings is 1. The summed E-state index contributed by atoms with van der Waals surface area (Å²) in [5, 5.41) is 10.9. The van der Waals surface area contributed by atoms with Gasteiger partial charge in [-0.15, -0.1) is 0 Å². The number of nitrogens with zero attached hydrogens (tertiary/aromatic N) is 3. The minimum absolute atomic E-state index is 0.196. The van der Waals surface area contributed by atoms with Crippen LogP contribution in [0, 0.1) is 6.92 Å². The third kappa shape index (κ3) is 3.15. The lowest BCUT2D eigenvalue weighted by Gasteiger charge is -2.34. The topological polar surface area (TPSA) is 64.3 Å². The zero-order valence-corrected chi connectivity index (χ0v) is 15.1. The van der Waals surface area contributed by atoms with E-state index in [9.17, 15) is 4.79 Å². The Morgan fingerprint density at radius 1 is 1.12 bits per heavy atom. The number of aromatic nitrogens is 2. The van der Waals surface area contributed by atoms with Crippen LogP contribution >= 0.6 is 0 Å². The number of nitrogens with one attached hydrogen (secondary N) is 2. The molecule has 0 bridgehead atoms. The molecular formula is C20H23N5O. The average molecular weight is 349 g/mol. The van der Waals surface area contributed by atoms with Crippen molar-refractivity contribution in [2.75, 3.05) is 43.4 Å². The normalized spacial score (nSPS) is 15.4. The van der Waals surface area contributed by atoms with E-state index < -0.39 is 0 Å². The number of carbonyl (C=O) groups is 1. The van der Waals surface area contributed by atoms with Crippen molar-refractivity contribution in [2.24, 2.45) is 0 Å². The molecule has 0 unspecified atom stereocenters. The quantitative estimate of drug-likeness (QED) is 0.763. The van der Waals surface area contributed by atoms with Gasteiger partial charge in [0.15, 0.2) is 5.69 Å². The van der Waals surface area contributed by atoms with Crippen LogP contribution in [0.2, 0.25) is 0 Å². The molecule has 6 nitrogen and oxygen atoms in total. The lowest BCUT2D eigenvalue weighted by Crippen LogP contribution is -2.44. The Labute approximate surface area is 152 Å². The molecule has 1 aliphatic heterocycles. The molecule has 3 aromatic rings. The molecule has 1 saturated heterocycles. The zero-order valence-electron chi connectivity index (χ0n) is 15.1. The molecule has 4 rings (SSSR count). The largest absolute Gasteiger partial charge is 0.369 e. The second-order valence-corrected chi connectivity index (χ2v) is 6.86. The van der Waals surface area contributed by atoms with Gasteiger partial charge in [-0.25, -0.2) is 0 Å². The molecule has 2 heterocycles. The Hall–Kier alpha value is -2.86. The van der Waals surface area contributed by atoms with Crippen molar-refractivity contribution in [2.45, 2.75) is 6.92 Å². The molecule has 0 aliphatic carbocycles. The summed E-state index contributed by atoms with van der Waals surface area (Å²) in [5.74, 6) is -0.196. The van der Waals surface area contributed by atoms with E-state index in [-0.39, 0.29) is 5.91 Å². The van der Waals surface area contributed by atoms with Crippen LogP contribution in [0.3, 0.4) is 0 Å². The molecule has 0 saturated carbocycles. The van der Waals surface area contributed by atoms with Crippen molar-refractivity contribution >= 4 is 28.2 Å². The third-order valence-corrected chi connectivity index (χ3v) is 5.01. The van der Waals surface area contributed by atoms with Gasteiger partial charge in [-0.3, -0.25) is 9.89 Å². The van der Waals surface area contributed by atoms with E-state index in [1.165, 1.54) is 5.69 Å². The van der Waals surface area contributed by atoms with Crippen molar-refractivity contribution in [3.05, 3.63) is 53.7 Å². The predicted molar refractivity (Wildman–Crippen MR) is 105 cm³/mol. The van der Waals surface area contributed by atoms with Gasteiger partial charge in [0.2, 0.25) is 0 Å². The molecule has 0 atom stereocenters. The van der Waals surface area contributed by atoms with E-state index in [2.05, 4.69) is 44.5 Å². The van der Waals surface area contributed by atoms with Gasteiger partial charge in [-0.2, -0.15) is 5.10 Å². The van der Waals surface area contributed by atoms with Crippen LogP contribution in [-0.2, 0) is 0 Å². The molecule has 0 spiro atoms. The van der Waals surface area contributed by atoms with Crippen LogP contribution in [0.25, 0.3) is 10.9 Å². The van der Waals surface area contributed by atoms with E-state index >= 15 is 0 Å². The molecule has 2 N–H and O–H groups in total. The zero-order chi connectivity index (χ0) is 18.1. The Balaban J connectivity index is 1.52. The fourth-order valence-corrected chi connectivity index (χ4v) is 3.37. The molecule has 6 heteroatoms. The number of aromatic amines is 1. The van der Waals surface area contributed by atoms with Crippen molar-refractivity contribution < 1.29 is 4.79 Å². The summed E-state index contributed by atoms with van der Waals surface area (Å²) < 4.78 is 0. The van der Waals surface area contributed by atoms with Crippen LogP contribution in [0.15, 0.2) is 42.5 Å². The van der Waals surface area contributed by atoms with Crippen LogP contribution in [-0.4, -0.2) is 54.2 Å². The first-order chi connectivity index (χ1) is 12.6. The summed E-state index contributed by atoms with van der Waals surface area (Å²) in [6.45, 7) is 6.23. The Morgan fingerprint density at radius 3 is 2.65 bits per heavy atom. The molecule has 1 amide bonds. The molecule has 1 aromatic heterocycles. The van der Waals surface area contributed by atoms with Crippen molar-refractivity contribution in [3.63, 3.8) is 0 Å². The number of para-hydroxylation sites is 1. The second kappa shape index (κ2) is 6.80. The molecule has 2 aromatic carbocycles. The number of hydrogen-bond donors (Lipinski definition) is 2. The Morgan fingerprint density at radius 2 is 1.88 bits per heavy atom. The molecule has 134 valence electrons. The lowest BCUT2D eigenvalue weighted by molar-refractivity contribution is 0.102. The van der Waals surface area contributed by atoms with Crippen LogP contribution < -0.4 is 10.2 Å². The Kier molecular flexibility index (Phi) is 4.34. The van der Waals surface area contributed by atoms with E-state index in [1.807, 2.05) is 37.3 Å². The van der Waals surface area contributed by atoms with Gasteiger partial charge in [-0.05, 0) is 43.8 Å². The van der Waals surface area contributed by atoms with E-state index in [0.29, 0.717) is 5.69 Å². The standard InChI is InChI=1S/C20H23N5O/c1-14-13-15(25-11-9-24(2)10-12-25)7-8-17(14)21-20(26)19-16-5-3-4-6-18(16)22-23-19/h3-8,13H,9-12H2,1-2H3,(H,21,26)(H,22,23). The van der Waals surface area contributed by atoms with Gasteiger partial charge in [0.05, 0.1) is 5.52 Å². The summed E-state index contributed by atoms with van der Waals surface area (Å²) in [5.41, 5.74) is 4.36. The highest BCUT2D eigenvalue weighted by molar-refractivity contribution is 6.11. The average Bonchev–Trinajstić information content (AvgIpc) is 3.08. The monoisotopic (exact) mass is 349 g/mol. The summed E-state index contributed by atoms with van der Waals surface area (Å²) in [6, 6.07) is 13.8. The highest BCUT2D eigenvalue weighted by Gasteiger charge is 2.17. The molecule has 26 heavy (non-hydrogen) atoms. The molecule has 0 radical (unpaired) electrons. The van der Waals surface area contributed by atoms with Crippen molar-refractivity contribution in [1.29, 1.82) is 0 Å². The summed E-state index contributed by atoms with van der Waals surface area (Å²) in [4.78, 5) is 17.4. The maximum Gasteiger partial charge on any atom is 0.276 e. The van der Waals surface area contributed by atoms with E-state index in [1.54, 1.807) is 0 Å². The van der Waals surface area contributed by atoms with Crippen molar-refractivity contribution in [3.8, 4) is 0 Å². The minimum atomic E-state index is -0.196. The fourth-order valence-electron chi connectivity index (χ4n) is 3.37. The van der Waals surface area contributed by atoms with Gasteiger partial charge >= 0.3 is 0 Å². The second-order valence-electron chi connectivity index (χ2n) is 6.86. The first kappa shape index (κ1) is 16.6. The highest BCUT2D eigenvalue weighted by Crippen LogP contribution is 2.25. The number of benzene rings is 2. The SMILES string of the molecule is Cc1cc(N2CCN(C)CC2)ccc1NC(=O)c1n[nH]c2ccccc12. The van der Waals surface area contributed by atoms with Gasteiger partial charge in [0.1, 0.15) is 0 Å². The number of hydrogen-bond acceptors (Lipinski definition) is 4. The number of aryl methyl sites for hydroxylation is 1. The number of likely N-dealkylation sites (N-methyl/N-ethyl adjacent to an activating group) is 1.